The highest BCUT2D eigenvalue weighted by molar-refractivity contribution is 7.80. The summed E-state index contributed by atoms with van der Waals surface area (Å²) in [7, 11) is 0. The van der Waals surface area contributed by atoms with E-state index >= 15 is 0 Å². The molecule has 0 atom stereocenters. The molecule has 0 N–H and O–H groups in total. The summed E-state index contributed by atoms with van der Waals surface area (Å²) in [6.45, 7) is 3.54. The lowest BCUT2D eigenvalue weighted by Crippen LogP contribution is -1.98. The first-order chi connectivity index (χ1) is 4.81. The van der Waals surface area contributed by atoms with Crippen molar-refractivity contribution in [2.75, 3.05) is 12.4 Å². The normalized spacial score (nSPS) is 9.70. The standard InChI is InChI=1S/C7H10O2S/c1-2-7(8)9-5-3-4-6-10/h2-4,10H,1,5-6H2/b4-3+. The molecule has 10 heavy (non-hydrogen) atoms. The summed E-state index contributed by atoms with van der Waals surface area (Å²) < 4.78 is 4.62. The predicted octanol–water partition coefficient (Wildman–Crippen LogP) is 1.20. The summed E-state index contributed by atoms with van der Waals surface area (Å²) in [4.78, 5) is 10.4. The van der Waals surface area contributed by atoms with Crippen LogP contribution in [-0.4, -0.2) is 18.3 Å². The molecule has 0 aliphatic carbocycles. The van der Waals surface area contributed by atoms with Crippen LogP contribution in [0.4, 0.5) is 0 Å². The maximum absolute atomic E-state index is 10.4. The molecule has 0 radical (unpaired) electrons. The SMILES string of the molecule is C=CC(=O)OC/C=C/CS. The fraction of sp³-hybridized carbons (Fsp3) is 0.286. The number of rotatable bonds is 4. The highest BCUT2D eigenvalue weighted by Gasteiger charge is 1.88. The van der Waals surface area contributed by atoms with Crippen LogP contribution in [0.2, 0.25) is 0 Å². The predicted molar refractivity (Wildman–Crippen MR) is 44.1 cm³/mol. The molecule has 0 spiro atoms. The Morgan fingerprint density at radius 1 is 1.60 bits per heavy atom. The van der Waals surface area contributed by atoms with Crippen LogP contribution in [0.15, 0.2) is 24.8 Å². The lowest BCUT2D eigenvalue weighted by atomic mass is 10.5. The quantitative estimate of drug-likeness (QED) is 0.288. The van der Waals surface area contributed by atoms with E-state index in [1.165, 1.54) is 0 Å². The molecule has 0 aromatic carbocycles. The smallest absolute Gasteiger partial charge is 0.330 e. The zero-order chi connectivity index (χ0) is 7.82. The van der Waals surface area contributed by atoms with Crippen molar-refractivity contribution in [1.29, 1.82) is 0 Å². The summed E-state index contributed by atoms with van der Waals surface area (Å²) in [5.41, 5.74) is 0. The van der Waals surface area contributed by atoms with E-state index in [2.05, 4.69) is 23.9 Å². The van der Waals surface area contributed by atoms with Gasteiger partial charge in [0, 0.05) is 11.8 Å². The zero-order valence-electron chi connectivity index (χ0n) is 5.62. The molecule has 0 heterocycles. The Kier molecular flexibility index (Phi) is 5.97. The van der Waals surface area contributed by atoms with Gasteiger partial charge in [0.2, 0.25) is 0 Å². The Morgan fingerprint density at radius 3 is 2.80 bits per heavy atom. The molecule has 0 saturated carbocycles. The number of esters is 1. The van der Waals surface area contributed by atoms with Crippen molar-refractivity contribution in [3.63, 3.8) is 0 Å². The van der Waals surface area contributed by atoms with Crippen LogP contribution in [0.3, 0.4) is 0 Å². The molecule has 0 saturated heterocycles. The van der Waals surface area contributed by atoms with Crippen LogP contribution >= 0.6 is 12.6 Å². The van der Waals surface area contributed by atoms with E-state index in [0.29, 0.717) is 12.4 Å². The van der Waals surface area contributed by atoms with Gasteiger partial charge in [-0.15, -0.1) is 0 Å². The summed E-state index contributed by atoms with van der Waals surface area (Å²) in [6, 6.07) is 0. The molecule has 0 aliphatic rings. The second kappa shape index (κ2) is 6.42. The van der Waals surface area contributed by atoms with Gasteiger partial charge in [-0.3, -0.25) is 0 Å². The third kappa shape index (κ3) is 5.44. The van der Waals surface area contributed by atoms with Gasteiger partial charge in [0.1, 0.15) is 6.61 Å². The molecule has 2 nitrogen and oxygen atoms in total. The molecular weight excluding hydrogens is 148 g/mol. The van der Waals surface area contributed by atoms with Crippen molar-refractivity contribution in [2.45, 2.75) is 0 Å². The van der Waals surface area contributed by atoms with Crippen molar-refractivity contribution in [3.05, 3.63) is 24.8 Å². The molecule has 0 fully saturated rings. The molecule has 0 aromatic heterocycles. The summed E-state index contributed by atoms with van der Waals surface area (Å²) in [5.74, 6) is 0.259. The number of ether oxygens (including phenoxy) is 1. The fourth-order valence-corrected chi connectivity index (χ4v) is 0.481. The number of hydrogen-bond donors (Lipinski definition) is 1. The van der Waals surface area contributed by atoms with Crippen molar-refractivity contribution in [1.82, 2.24) is 0 Å². The van der Waals surface area contributed by atoms with Crippen molar-refractivity contribution in [2.24, 2.45) is 0 Å². The summed E-state index contributed by atoms with van der Waals surface area (Å²) in [5, 5.41) is 0. The van der Waals surface area contributed by atoms with E-state index in [-0.39, 0.29) is 0 Å². The molecule has 0 amide bonds. The van der Waals surface area contributed by atoms with E-state index in [9.17, 15) is 4.79 Å². The van der Waals surface area contributed by atoms with Crippen molar-refractivity contribution in [3.8, 4) is 0 Å². The average molecular weight is 158 g/mol. The molecule has 3 heteroatoms. The van der Waals surface area contributed by atoms with Crippen LogP contribution in [0, 0.1) is 0 Å². The van der Waals surface area contributed by atoms with Crippen molar-refractivity contribution >= 4 is 18.6 Å². The summed E-state index contributed by atoms with van der Waals surface area (Å²) >= 11 is 3.92. The van der Waals surface area contributed by atoms with Gasteiger partial charge in [-0.2, -0.15) is 12.6 Å². The molecule has 0 aromatic rings. The highest BCUT2D eigenvalue weighted by Crippen LogP contribution is 1.82. The van der Waals surface area contributed by atoms with Gasteiger partial charge in [-0.05, 0) is 0 Å². The third-order valence-electron chi connectivity index (χ3n) is 0.761. The molecular formula is C7H10O2S. The van der Waals surface area contributed by atoms with E-state index in [1.807, 2.05) is 0 Å². The van der Waals surface area contributed by atoms with Crippen LogP contribution in [0.25, 0.3) is 0 Å². The van der Waals surface area contributed by atoms with Gasteiger partial charge in [0.15, 0.2) is 0 Å². The Bertz CT molecular complexity index is 141. The minimum absolute atomic E-state index is 0.297. The van der Waals surface area contributed by atoms with Crippen LogP contribution < -0.4 is 0 Å². The summed E-state index contributed by atoms with van der Waals surface area (Å²) in [6.07, 6.45) is 4.67. The lowest BCUT2D eigenvalue weighted by Gasteiger charge is -1.93. The van der Waals surface area contributed by atoms with Gasteiger partial charge < -0.3 is 4.74 Å². The molecule has 0 unspecified atom stereocenters. The Balaban J connectivity index is 3.27. The van der Waals surface area contributed by atoms with Crippen molar-refractivity contribution < 1.29 is 9.53 Å². The maximum atomic E-state index is 10.4. The van der Waals surface area contributed by atoms with Gasteiger partial charge in [0.25, 0.3) is 0 Å². The molecule has 0 aliphatic heterocycles. The lowest BCUT2D eigenvalue weighted by molar-refractivity contribution is -0.136. The number of thiol groups is 1. The second-order valence-electron chi connectivity index (χ2n) is 1.49. The van der Waals surface area contributed by atoms with Crippen LogP contribution in [0.1, 0.15) is 0 Å². The van der Waals surface area contributed by atoms with Crippen LogP contribution in [-0.2, 0) is 9.53 Å². The Labute approximate surface area is 66.0 Å². The first-order valence-corrected chi connectivity index (χ1v) is 3.49. The number of hydrogen-bond acceptors (Lipinski definition) is 3. The first-order valence-electron chi connectivity index (χ1n) is 2.86. The van der Waals surface area contributed by atoms with E-state index in [0.717, 1.165) is 6.08 Å². The topological polar surface area (TPSA) is 26.3 Å². The highest BCUT2D eigenvalue weighted by atomic mass is 32.1. The molecule has 0 rings (SSSR count). The van der Waals surface area contributed by atoms with E-state index in [1.54, 1.807) is 12.2 Å². The average Bonchev–Trinajstić information content (AvgIpc) is 1.98. The Hall–Kier alpha value is -0.700. The second-order valence-corrected chi connectivity index (χ2v) is 1.85. The number of carbonyl (C=O) groups excluding carboxylic acids is 1. The minimum Gasteiger partial charge on any atom is -0.458 e. The van der Waals surface area contributed by atoms with Gasteiger partial charge in [-0.1, -0.05) is 18.7 Å². The molecule has 0 bridgehead atoms. The Morgan fingerprint density at radius 2 is 2.30 bits per heavy atom. The van der Waals surface area contributed by atoms with Gasteiger partial charge in [0.05, 0.1) is 0 Å². The van der Waals surface area contributed by atoms with Gasteiger partial charge >= 0.3 is 5.97 Å². The van der Waals surface area contributed by atoms with E-state index < -0.39 is 5.97 Å². The third-order valence-corrected chi connectivity index (χ3v) is 0.971. The van der Waals surface area contributed by atoms with Gasteiger partial charge in [-0.25, -0.2) is 4.79 Å². The molecule has 56 valence electrons. The van der Waals surface area contributed by atoms with Crippen LogP contribution in [0.5, 0.6) is 0 Å². The van der Waals surface area contributed by atoms with E-state index in [4.69, 9.17) is 0 Å². The number of carbonyl (C=O) groups is 1. The zero-order valence-corrected chi connectivity index (χ0v) is 6.51. The maximum Gasteiger partial charge on any atom is 0.330 e. The largest absolute Gasteiger partial charge is 0.458 e. The fourth-order valence-electron chi connectivity index (χ4n) is 0.332. The monoisotopic (exact) mass is 158 g/mol. The first kappa shape index (κ1) is 9.30. The minimum atomic E-state index is -0.399.